The molecule has 0 spiro atoms. The van der Waals surface area contributed by atoms with Crippen LogP contribution >= 0.6 is 0 Å². The van der Waals surface area contributed by atoms with E-state index in [1.165, 1.54) is 105 Å². The minimum atomic E-state index is 0.644. The Morgan fingerprint density at radius 1 is 0.839 bits per heavy atom. The molecule has 0 aromatic heterocycles. The predicted molar refractivity (Wildman–Crippen MR) is 244 cm³/mol. The molecule has 0 N–H and O–H groups in total. The molecule has 276 valence electrons. The van der Waals surface area contributed by atoms with Crippen molar-refractivity contribution in [1.82, 2.24) is 0 Å². The first-order valence-electron chi connectivity index (χ1n) is 19.9. The van der Waals surface area contributed by atoms with Gasteiger partial charge in [0.2, 0.25) is 0 Å². The highest BCUT2D eigenvalue weighted by Gasteiger charge is 2.36. The SMILES string of the molecule is C=C/C=C\c1c2c(cc3ccccc13)C(=C)/C(=C\c1c(C)c(-c3ccc(C)c(CC)c3)c3c(c1-c1ccc(C#N)cc1)C(=C/C)/C(=C(CC)/C(C)=C\C)C3=C)C2. The average Bonchev–Trinajstić information content (AvgIpc) is 3.68. The molecule has 0 saturated carbocycles. The van der Waals surface area contributed by atoms with Crippen LogP contribution in [-0.2, 0) is 12.8 Å². The molecule has 1 heteroatoms. The van der Waals surface area contributed by atoms with Crippen molar-refractivity contribution in [3.8, 4) is 28.3 Å². The first kappa shape index (κ1) is 38.1. The number of nitrogens with zero attached hydrogens (tertiary/aromatic N) is 1. The Labute approximate surface area is 334 Å². The van der Waals surface area contributed by atoms with Crippen LogP contribution in [0.5, 0.6) is 0 Å². The monoisotopic (exact) mass is 725 g/mol. The van der Waals surface area contributed by atoms with Gasteiger partial charge in [-0.3, -0.25) is 0 Å². The van der Waals surface area contributed by atoms with Crippen LogP contribution in [0.15, 0.2) is 139 Å². The summed E-state index contributed by atoms with van der Waals surface area (Å²) in [5.41, 5.74) is 24.9. The summed E-state index contributed by atoms with van der Waals surface area (Å²) in [6.45, 7) is 29.2. The Balaban J connectivity index is 1.63. The first-order valence-corrected chi connectivity index (χ1v) is 19.9. The van der Waals surface area contributed by atoms with Crippen LogP contribution in [-0.4, -0.2) is 0 Å². The molecule has 2 aliphatic rings. The molecule has 0 atom stereocenters. The standard InChI is InChI=1S/C55H51N/c1-11-16-20-47-46-21-18-17-19-41(46)29-48-35(8)43(31-50(47)48)30-49-36(9)51(42-25-22-34(7)39(13-3)28-42)53-37(10)52(44(14-4)33(6)12-2)45(15-5)55(53)54(49)40-26-23-38(32-56)24-27-40/h11-12,15-30H,1,8,10,13-14,31H2,2-7,9H3/b20-16-,33-12-,43-30-,45-15+,52-44+. The highest BCUT2D eigenvalue weighted by Crippen LogP contribution is 2.57. The van der Waals surface area contributed by atoms with Gasteiger partial charge in [0.25, 0.3) is 0 Å². The topological polar surface area (TPSA) is 23.8 Å². The largest absolute Gasteiger partial charge is 0.192 e. The van der Waals surface area contributed by atoms with Gasteiger partial charge < -0.3 is 0 Å². The number of hydrogen-bond acceptors (Lipinski definition) is 1. The molecular weight excluding hydrogens is 675 g/mol. The molecule has 2 aliphatic carbocycles. The zero-order chi connectivity index (χ0) is 39.8. The fraction of sp³-hybridized carbons (Fsp3) is 0.182. The molecule has 0 radical (unpaired) electrons. The lowest BCUT2D eigenvalue weighted by Gasteiger charge is -2.23. The highest BCUT2D eigenvalue weighted by atomic mass is 14.4. The zero-order valence-corrected chi connectivity index (χ0v) is 34.1. The molecule has 0 amide bonds. The highest BCUT2D eigenvalue weighted by molar-refractivity contribution is 6.17. The number of benzene rings is 5. The summed E-state index contributed by atoms with van der Waals surface area (Å²) in [5.74, 6) is 0. The Morgan fingerprint density at radius 2 is 1.57 bits per heavy atom. The van der Waals surface area contributed by atoms with Crippen molar-refractivity contribution in [3.05, 3.63) is 195 Å². The number of rotatable bonds is 8. The molecular formula is C55H51N. The lowest BCUT2D eigenvalue weighted by atomic mass is 9.80. The number of fused-ring (bicyclic) bond motifs is 3. The van der Waals surface area contributed by atoms with Crippen molar-refractivity contribution >= 4 is 39.6 Å². The van der Waals surface area contributed by atoms with Gasteiger partial charge in [-0.25, -0.2) is 0 Å². The molecule has 0 bridgehead atoms. The van der Waals surface area contributed by atoms with Crippen molar-refractivity contribution in [2.45, 2.75) is 67.7 Å². The molecule has 0 fully saturated rings. The van der Waals surface area contributed by atoms with Gasteiger partial charge in [0.05, 0.1) is 11.6 Å². The first-order chi connectivity index (χ1) is 27.1. The van der Waals surface area contributed by atoms with Gasteiger partial charge in [0.1, 0.15) is 0 Å². The van der Waals surface area contributed by atoms with Crippen LogP contribution in [0.3, 0.4) is 0 Å². The summed E-state index contributed by atoms with van der Waals surface area (Å²) in [6, 6.07) is 28.4. The quantitative estimate of drug-likeness (QED) is 0.146. The Kier molecular flexibility index (Phi) is 10.5. The van der Waals surface area contributed by atoms with Gasteiger partial charge >= 0.3 is 0 Å². The summed E-state index contributed by atoms with van der Waals surface area (Å²) >= 11 is 0. The normalized spacial score (nSPS) is 16.3. The van der Waals surface area contributed by atoms with Crippen LogP contribution < -0.4 is 0 Å². The van der Waals surface area contributed by atoms with Crippen LogP contribution in [0.25, 0.3) is 61.9 Å². The molecule has 0 saturated heterocycles. The third-order valence-electron chi connectivity index (χ3n) is 12.1. The second kappa shape index (κ2) is 15.5. The molecule has 7 rings (SSSR count). The van der Waals surface area contributed by atoms with Crippen molar-refractivity contribution in [1.29, 1.82) is 5.26 Å². The van der Waals surface area contributed by atoms with Crippen molar-refractivity contribution < 1.29 is 0 Å². The average molecular weight is 726 g/mol. The maximum atomic E-state index is 9.83. The Morgan fingerprint density at radius 3 is 2.23 bits per heavy atom. The number of hydrogen-bond donors (Lipinski definition) is 0. The molecule has 0 aliphatic heterocycles. The summed E-state index contributed by atoms with van der Waals surface area (Å²) in [4.78, 5) is 0. The van der Waals surface area contributed by atoms with Crippen LogP contribution in [0.4, 0.5) is 0 Å². The maximum absolute atomic E-state index is 9.83. The van der Waals surface area contributed by atoms with E-state index in [0.717, 1.165) is 36.0 Å². The number of allylic oxidation sites excluding steroid dienone is 11. The van der Waals surface area contributed by atoms with Gasteiger partial charge in [-0.05, 0) is 195 Å². The smallest absolute Gasteiger partial charge is 0.0991 e. The molecule has 5 aromatic rings. The minimum Gasteiger partial charge on any atom is -0.192 e. The third-order valence-corrected chi connectivity index (χ3v) is 12.1. The molecule has 5 aromatic carbocycles. The molecule has 56 heavy (non-hydrogen) atoms. The molecule has 0 unspecified atom stereocenters. The van der Waals surface area contributed by atoms with E-state index in [0.29, 0.717) is 5.56 Å². The van der Waals surface area contributed by atoms with E-state index in [1.807, 2.05) is 24.3 Å². The van der Waals surface area contributed by atoms with E-state index in [1.54, 1.807) is 0 Å². The Bertz CT molecular complexity index is 2700. The summed E-state index contributed by atoms with van der Waals surface area (Å²) in [6.07, 6.45) is 15.6. The van der Waals surface area contributed by atoms with Crippen LogP contribution in [0, 0.1) is 25.2 Å². The lowest BCUT2D eigenvalue weighted by Crippen LogP contribution is -2.02. The number of nitriles is 1. The van der Waals surface area contributed by atoms with E-state index < -0.39 is 0 Å². The van der Waals surface area contributed by atoms with E-state index in [2.05, 4.69) is 146 Å². The van der Waals surface area contributed by atoms with Gasteiger partial charge in [-0.2, -0.15) is 5.26 Å². The Hall–Kier alpha value is -6.23. The summed E-state index contributed by atoms with van der Waals surface area (Å²) in [7, 11) is 0. The molecule has 0 heterocycles. The van der Waals surface area contributed by atoms with E-state index >= 15 is 0 Å². The molecule has 1 nitrogen and oxygen atoms in total. The van der Waals surface area contributed by atoms with E-state index in [9.17, 15) is 5.26 Å². The van der Waals surface area contributed by atoms with Crippen molar-refractivity contribution in [3.63, 3.8) is 0 Å². The summed E-state index contributed by atoms with van der Waals surface area (Å²) in [5, 5.41) is 12.3. The summed E-state index contributed by atoms with van der Waals surface area (Å²) < 4.78 is 0. The van der Waals surface area contributed by atoms with Gasteiger partial charge in [0.15, 0.2) is 0 Å². The van der Waals surface area contributed by atoms with Gasteiger partial charge in [0, 0.05) is 0 Å². The van der Waals surface area contributed by atoms with Crippen molar-refractivity contribution in [2.24, 2.45) is 0 Å². The fourth-order valence-corrected chi connectivity index (χ4v) is 9.11. The lowest BCUT2D eigenvalue weighted by molar-refractivity contribution is 1.09. The fourth-order valence-electron chi connectivity index (χ4n) is 9.11. The van der Waals surface area contributed by atoms with Crippen LogP contribution in [0.2, 0.25) is 0 Å². The third kappa shape index (κ3) is 6.20. The second-order valence-corrected chi connectivity index (χ2v) is 15.0. The predicted octanol–water partition coefficient (Wildman–Crippen LogP) is 15.2. The second-order valence-electron chi connectivity index (χ2n) is 15.0. The van der Waals surface area contributed by atoms with Crippen molar-refractivity contribution in [2.75, 3.05) is 0 Å². The van der Waals surface area contributed by atoms with Crippen LogP contribution in [0.1, 0.15) is 96.7 Å². The van der Waals surface area contributed by atoms with E-state index in [4.69, 9.17) is 13.2 Å². The minimum absolute atomic E-state index is 0.644. The maximum Gasteiger partial charge on any atom is 0.0991 e. The zero-order valence-electron chi connectivity index (χ0n) is 34.1. The van der Waals surface area contributed by atoms with Gasteiger partial charge in [-0.1, -0.05) is 124 Å². The van der Waals surface area contributed by atoms with Gasteiger partial charge in [-0.15, -0.1) is 0 Å². The van der Waals surface area contributed by atoms with E-state index in [-0.39, 0.29) is 0 Å². The number of aryl methyl sites for hydroxylation is 2.